The van der Waals surface area contributed by atoms with E-state index in [4.69, 9.17) is 16.3 Å². The lowest BCUT2D eigenvalue weighted by Gasteiger charge is -2.19. The minimum absolute atomic E-state index is 0.382. The first kappa shape index (κ1) is 14.7. The Labute approximate surface area is 122 Å². The summed E-state index contributed by atoms with van der Waals surface area (Å²) in [5.41, 5.74) is 2.13. The van der Waals surface area contributed by atoms with Crippen molar-refractivity contribution in [3.05, 3.63) is 35.8 Å². The van der Waals surface area contributed by atoms with Crippen LogP contribution in [-0.2, 0) is 17.2 Å². The number of pyridine rings is 1. The molecule has 108 valence electrons. The van der Waals surface area contributed by atoms with E-state index in [1.165, 1.54) is 0 Å². The van der Waals surface area contributed by atoms with Crippen LogP contribution < -0.4 is 5.32 Å². The highest BCUT2D eigenvalue weighted by atomic mass is 35.5. The molecule has 0 aromatic carbocycles. The van der Waals surface area contributed by atoms with Crippen LogP contribution in [0.15, 0.2) is 24.5 Å². The van der Waals surface area contributed by atoms with Crippen LogP contribution in [0, 0.1) is 0 Å². The van der Waals surface area contributed by atoms with Crippen molar-refractivity contribution in [2.45, 2.75) is 38.8 Å². The Hall–Kier alpha value is -1.75. The van der Waals surface area contributed by atoms with Crippen molar-refractivity contribution in [2.24, 2.45) is 0 Å². The SMILES string of the molecule is CC(C)(C)OC(=O)NCc1ccc2nc(CCl)cn2c1. The van der Waals surface area contributed by atoms with E-state index in [0.717, 1.165) is 16.9 Å². The number of aromatic nitrogens is 2. The van der Waals surface area contributed by atoms with Crippen molar-refractivity contribution in [1.82, 2.24) is 14.7 Å². The van der Waals surface area contributed by atoms with Crippen molar-refractivity contribution >= 4 is 23.3 Å². The standard InChI is InChI=1S/C14H18ClN3O2/c1-14(2,3)20-13(19)16-7-10-4-5-12-17-11(6-15)9-18(12)8-10/h4-5,8-9H,6-7H2,1-3H3,(H,16,19). The van der Waals surface area contributed by atoms with E-state index >= 15 is 0 Å². The van der Waals surface area contributed by atoms with Gasteiger partial charge in [-0.15, -0.1) is 11.6 Å². The molecule has 6 heteroatoms. The van der Waals surface area contributed by atoms with Gasteiger partial charge in [0.25, 0.3) is 0 Å². The first-order valence-electron chi connectivity index (χ1n) is 6.37. The van der Waals surface area contributed by atoms with Crippen molar-refractivity contribution < 1.29 is 9.53 Å². The van der Waals surface area contributed by atoms with Crippen LogP contribution in [0.25, 0.3) is 5.65 Å². The van der Waals surface area contributed by atoms with Gasteiger partial charge in [-0.05, 0) is 32.4 Å². The smallest absolute Gasteiger partial charge is 0.407 e. The second-order valence-electron chi connectivity index (χ2n) is 5.52. The van der Waals surface area contributed by atoms with Crippen LogP contribution in [0.5, 0.6) is 0 Å². The van der Waals surface area contributed by atoms with Gasteiger partial charge in [0.15, 0.2) is 0 Å². The monoisotopic (exact) mass is 295 g/mol. The Bertz CT molecular complexity index is 616. The van der Waals surface area contributed by atoms with Gasteiger partial charge in [-0.1, -0.05) is 6.07 Å². The Morgan fingerprint density at radius 2 is 2.15 bits per heavy atom. The molecule has 20 heavy (non-hydrogen) atoms. The van der Waals surface area contributed by atoms with Crippen LogP contribution in [-0.4, -0.2) is 21.1 Å². The highest BCUT2D eigenvalue weighted by molar-refractivity contribution is 6.16. The third kappa shape index (κ3) is 3.87. The molecule has 0 unspecified atom stereocenters. The van der Waals surface area contributed by atoms with Gasteiger partial charge < -0.3 is 14.5 Å². The third-order valence-corrected chi connectivity index (χ3v) is 2.81. The zero-order valence-electron chi connectivity index (χ0n) is 11.8. The van der Waals surface area contributed by atoms with E-state index in [0.29, 0.717) is 12.4 Å². The van der Waals surface area contributed by atoms with Crippen molar-refractivity contribution in [3.63, 3.8) is 0 Å². The van der Waals surface area contributed by atoms with Gasteiger partial charge in [-0.3, -0.25) is 0 Å². The number of imidazole rings is 1. The number of alkyl carbamates (subject to hydrolysis) is 1. The Kier molecular flexibility index (Phi) is 4.18. The second-order valence-corrected chi connectivity index (χ2v) is 5.79. The fraction of sp³-hybridized carbons (Fsp3) is 0.429. The Morgan fingerprint density at radius 1 is 1.40 bits per heavy atom. The Morgan fingerprint density at radius 3 is 2.80 bits per heavy atom. The number of hydrogen-bond acceptors (Lipinski definition) is 3. The number of ether oxygens (including phenoxy) is 1. The molecule has 0 fully saturated rings. The Balaban J connectivity index is 2.01. The number of alkyl halides is 1. The molecule has 0 atom stereocenters. The molecule has 0 radical (unpaired) electrons. The maximum Gasteiger partial charge on any atom is 0.407 e. The first-order chi connectivity index (χ1) is 9.37. The van der Waals surface area contributed by atoms with E-state index in [1.54, 1.807) is 0 Å². The molecular formula is C14H18ClN3O2. The summed E-state index contributed by atoms with van der Waals surface area (Å²) in [5, 5.41) is 2.72. The lowest BCUT2D eigenvalue weighted by atomic mass is 10.2. The quantitative estimate of drug-likeness (QED) is 0.885. The molecule has 0 aliphatic heterocycles. The van der Waals surface area contributed by atoms with Crippen LogP contribution >= 0.6 is 11.6 Å². The number of nitrogens with zero attached hydrogens (tertiary/aromatic N) is 2. The number of carbonyl (C=O) groups is 1. The lowest BCUT2D eigenvalue weighted by molar-refractivity contribution is 0.0523. The lowest BCUT2D eigenvalue weighted by Crippen LogP contribution is -2.32. The maximum atomic E-state index is 11.6. The molecule has 0 bridgehead atoms. The molecule has 5 nitrogen and oxygen atoms in total. The predicted molar refractivity (Wildman–Crippen MR) is 77.8 cm³/mol. The van der Waals surface area contributed by atoms with E-state index < -0.39 is 11.7 Å². The van der Waals surface area contributed by atoms with Crippen LogP contribution in [0.1, 0.15) is 32.0 Å². The highest BCUT2D eigenvalue weighted by Crippen LogP contribution is 2.10. The molecule has 0 aliphatic carbocycles. The summed E-state index contributed by atoms with van der Waals surface area (Å²) >= 11 is 5.75. The van der Waals surface area contributed by atoms with Gasteiger partial charge in [0, 0.05) is 18.9 Å². The maximum absolute atomic E-state index is 11.6. The highest BCUT2D eigenvalue weighted by Gasteiger charge is 2.15. The number of carbonyl (C=O) groups excluding carboxylic acids is 1. The molecule has 0 saturated carbocycles. The number of nitrogens with one attached hydrogen (secondary N) is 1. The van der Waals surface area contributed by atoms with Crippen molar-refractivity contribution in [2.75, 3.05) is 0 Å². The topological polar surface area (TPSA) is 55.6 Å². The van der Waals surface area contributed by atoms with Gasteiger partial charge in [-0.2, -0.15) is 0 Å². The van der Waals surface area contributed by atoms with Gasteiger partial charge in [0.2, 0.25) is 0 Å². The number of hydrogen-bond donors (Lipinski definition) is 1. The van der Waals surface area contributed by atoms with Crippen LogP contribution in [0.4, 0.5) is 4.79 Å². The number of fused-ring (bicyclic) bond motifs is 1. The van der Waals surface area contributed by atoms with E-state index in [2.05, 4.69) is 10.3 Å². The largest absolute Gasteiger partial charge is 0.444 e. The van der Waals surface area contributed by atoms with Crippen LogP contribution in [0.3, 0.4) is 0 Å². The summed E-state index contributed by atoms with van der Waals surface area (Å²) in [6.45, 7) is 5.90. The molecule has 1 amide bonds. The van der Waals surface area contributed by atoms with Gasteiger partial charge in [0.1, 0.15) is 11.2 Å². The van der Waals surface area contributed by atoms with Gasteiger partial charge >= 0.3 is 6.09 Å². The minimum Gasteiger partial charge on any atom is -0.444 e. The summed E-state index contributed by atoms with van der Waals surface area (Å²) in [4.78, 5) is 15.9. The van der Waals surface area contributed by atoms with E-state index in [-0.39, 0.29) is 0 Å². The summed E-state index contributed by atoms with van der Waals surface area (Å²) in [6.07, 6.45) is 3.36. The molecule has 2 rings (SSSR count). The minimum atomic E-state index is -0.492. The van der Waals surface area contributed by atoms with Gasteiger partial charge in [-0.25, -0.2) is 9.78 Å². The van der Waals surface area contributed by atoms with E-state index in [1.807, 2.05) is 49.7 Å². The zero-order chi connectivity index (χ0) is 14.8. The van der Waals surface area contributed by atoms with Gasteiger partial charge in [0.05, 0.1) is 11.6 Å². The zero-order valence-corrected chi connectivity index (χ0v) is 12.6. The fourth-order valence-corrected chi connectivity index (χ4v) is 1.88. The van der Waals surface area contributed by atoms with Crippen molar-refractivity contribution in [1.29, 1.82) is 0 Å². The molecule has 1 N–H and O–H groups in total. The summed E-state index contributed by atoms with van der Waals surface area (Å²) < 4.78 is 7.07. The second kappa shape index (κ2) is 5.71. The predicted octanol–water partition coefficient (Wildman–Crippen LogP) is 3.10. The number of amides is 1. The normalized spacial score (nSPS) is 11.6. The van der Waals surface area contributed by atoms with Crippen molar-refractivity contribution in [3.8, 4) is 0 Å². The van der Waals surface area contributed by atoms with E-state index in [9.17, 15) is 4.79 Å². The first-order valence-corrected chi connectivity index (χ1v) is 6.90. The molecule has 2 aromatic rings. The van der Waals surface area contributed by atoms with Crippen LogP contribution in [0.2, 0.25) is 0 Å². The number of rotatable bonds is 3. The molecule has 2 aromatic heterocycles. The number of halogens is 1. The molecular weight excluding hydrogens is 278 g/mol. The molecule has 0 aliphatic rings. The summed E-state index contributed by atoms with van der Waals surface area (Å²) in [6, 6.07) is 3.81. The molecule has 0 spiro atoms. The average molecular weight is 296 g/mol. The summed E-state index contributed by atoms with van der Waals surface area (Å²) in [5.74, 6) is 0.382. The molecule has 2 heterocycles. The average Bonchev–Trinajstić information content (AvgIpc) is 2.76. The molecule has 0 saturated heterocycles. The fourth-order valence-electron chi connectivity index (χ4n) is 1.75. The third-order valence-electron chi connectivity index (χ3n) is 2.53. The summed E-state index contributed by atoms with van der Waals surface area (Å²) in [7, 11) is 0.